The van der Waals surface area contributed by atoms with Crippen molar-refractivity contribution in [3.05, 3.63) is 23.8 Å². The van der Waals surface area contributed by atoms with Gasteiger partial charge in [-0.1, -0.05) is 25.5 Å². The molecule has 0 spiro atoms. The zero-order valence-electron chi connectivity index (χ0n) is 12.6. The van der Waals surface area contributed by atoms with Gasteiger partial charge < -0.3 is 15.1 Å². The molecule has 4 heteroatoms. The number of nitrogens with zero attached hydrogens (tertiary/aromatic N) is 2. The molecule has 1 amide bonds. The van der Waals surface area contributed by atoms with Crippen LogP contribution in [0.5, 0.6) is 0 Å². The lowest BCUT2D eigenvalue weighted by atomic mass is 9.89. The summed E-state index contributed by atoms with van der Waals surface area (Å²) in [5, 5.41) is 3.03. The first kappa shape index (κ1) is 13.1. The summed E-state index contributed by atoms with van der Waals surface area (Å²) in [6.07, 6.45) is 3.72. The van der Waals surface area contributed by atoms with Crippen molar-refractivity contribution in [3.63, 3.8) is 0 Å². The lowest BCUT2D eigenvalue weighted by molar-refractivity contribution is -0.115. The summed E-state index contributed by atoms with van der Waals surface area (Å²) in [6.45, 7) is 6.31. The highest BCUT2D eigenvalue weighted by Crippen LogP contribution is 2.49. The van der Waals surface area contributed by atoms with E-state index >= 15 is 0 Å². The number of hydrogen-bond donors (Lipinski definition) is 1. The van der Waals surface area contributed by atoms with E-state index in [9.17, 15) is 4.79 Å². The second-order valence-corrected chi connectivity index (χ2v) is 6.54. The predicted molar refractivity (Wildman–Crippen MR) is 84.9 cm³/mol. The summed E-state index contributed by atoms with van der Waals surface area (Å²) in [4.78, 5) is 16.9. The van der Waals surface area contributed by atoms with Crippen molar-refractivity contribution in [3.8, 4) is 0 Å². The van der Waals surface area contributed by atoms with Crippen LogP contribution in [0.3, 0.4) is 0 Å². The van der Waals surface area contributed by atoms with Crippen LogP contribution < -0.4 is 10.2 Å². The topological polar surface area (TPSA) is 35.6 Å². The highest BCUT2D eigenvalue weighted by molar-refractivity contribution is 6.03. The maximum absolute atomic E-state index is 11.9. The van der Waals surface area contributed by atoms with E-state index in [-0.39, 0.29) is 5.91 Å². The second-order valence-electron chi connectivity index (χ2n) is 6.54. The van der Waals surface area contributed by atoms with Crippen LogP contribution in [0.2, 0.25) is 0 Å². The van der Waals surface area contributed by atoms with E-state index < -0.39 is 0 Å². The molecule has 2 unspecified atom stereocenters. The molecule has 3 aliphatic rings. The van der Waals surface area contributed by atoms with Crippen molar-refractivity contribution in [2.24, 2.45) is 0 Å². The number of amides is 1. The normalized spacial score (nSPS) is 27.3. The summed E-state index contributed by atoms with van der Waals surface area (Å²) in [5.74, 6) is 0.701. The fourth-order valence-electron chi connectivity index (χ4n) is 4.26. The quantitative estimate of drug-likeness (QED) is 0.926. The Morgan fingerprint density at radius 2 is 2.29 bits per heavy atom. The minimum atomic E-state index is 0.133. The van der Waals surface area contributed by atoms with Gasteiger partial charge in [-0.2, -0.15) is 0 Å². The molecule has 1 fully saturated rings. The number of rotatable bonds is 3. The van der Waals surface area contributed by atoms with Gasteiger partial charge in [0.1, 0.15) is 0 Å². The molecule has 1 N–H and O–H groups in total. The SMILES string of the molecule is CCCCN1CCC2C(C1)c1cccc3c1N2CC(=O)N3. The van der Waals surface area contributed by atoms with Gasteiger partial charge in [-0.3, -0.25) is 4.79 Å². The lowest BCUT2D eigenvalue weighted by Crippen LogP contribution is -2.49. The second kappa shape index (κ2) is 5.02. The number of likely N-dealkylation sites (tertiary alicyclic amines) is 1. The van der Waals surface area contributed by atoms with Crippen LogP contribution in [0.1, 0.15) is 37.7 Å². The first-order valence-electron chi connectivity index (χ1n) is 8.19. The number of anilines is 2. The van der Waals surface area contributed by atoms with E-state index in [1.807, 2.05) is 6.07 Å². The van der Waals surface area contributed by atoms with Gasteiger partial charge in [0.2, 0.25) is 5.91 Å². The Balaban J connectivity index is 1.65. The fraction of sp³-hybridized carbons (Fsp3) is 0.588. The van der Waals surface area contributed by atoms with Gasteiger partial charge in [0.25, 0.3) is 0 Å². The zero-order valence-corrected chi connectivity index (χ0v) is 12.6. The number of piperidine rings is 1. The van der Waals surface area contributed by atoms with E-state index in [4.69, 9.17) is 0 Å². The van der Waals surface area contributed by atoms with E-state index in [0.29, 0.717) is 18.5 Å². The lowest BCUT2D eigenvalue weighted by Gasteiger charge is -2.39. The molecule has 4 nitrogen and oxygen atoms in total. The van der Waals surface area contributed by atoms with Crippen molar-refractivity contribution < 1.29 is 4.79 Å². The molecule has 21 heavy (non-hydrogen) atoms. The number of benzene rings is 1. The number of para-hydroxylation sites is 1. The largest absolute Gasteiger partial charge is 0.357 e. The number of unbranched alkanes of at least 4 members (excludes halogenated alkanes) is 1. The molecule has 3 aliphatic heterocycles. The van der Waals surface area contributed by atoms with Crippen LogP contribution in [0.15, 0.2) is 18.2 Å². The average Bonchev–Trinajstić information content (AvgIpc) is 2.81. The number of fused-ring (bicyclic) bond motifs is 3. The molecular formula is C17H23N3O. The summed E-state index contributed by atoms with van der Waals surface area (Å²) < 4.78 is 0. The Labute approximate surface area is 126 Å². The van der Waals surface area contributed by atoms with Gasteiger partial charge in [0.15, 0.2) is 0 Å². The zero-order chi connectivity index (χ0) is 14.4. The smallest absolute Gasteiger partial charge is 0.243 e. The van der Waals surface area contributed by atoms with E-state index in [0.717, 1.165) is 12.2 Å². The molecule has 1 saturated heterocycles. The molecule has 0 saturated carbocycles. The third-order valence-corrected chi connectivity index (χ3v) is 5.23. The van der Waals surface area contributed by atoms with E-state index in [2.05, 4.69) is 34.2 Å². The van der Waals surface area contributed by atoms with Crippen molar-refractivity contribution in [2.75, 3.05) is 36.4 Å². The molecule has 3 heterocycles. The van der Waals surface area contributed by atoms with Crippen LogP contribution in [0.4, 0.5) is 11.4 Å². The molecular weight excluding hydrogens is 262 g/mol. The Morgan fingerprint density at radius 3 is 3.14 bits per heavy atom. The number of carbonyl (C=O) groups is 1. The van der Waals surface area contributed by atoms with Crippen LogP contribution in [0, 0.1) is 0 Å². The van der Waals surface area contributed by atoms with Gasteiger partial charge >= 0.3 is 0 Å². The van der Waals surface area contributed by atoms with Gasteiger partial charge in [-0.25, -0.2) is 0 Å². The van der Waals surface area contributed by atoms with Gasteiger partial charge in [-0.15, -0.1) is 0 Å². The number of carbonyl (C=O) groups excluding carboxylic acids is 1. The molecule has 0 bridgehead atoms. The molecule has 112 valence electrons. The molecule has 4 rings (SSSR count). The Bertz CT molecular complexity index is 571. The van der Waals surface area contributed by atoms with Crippen LogP contribution >= 0.6 is 0 Å². The number of nitrogens with one attached hydrogen (secondary N) is 1. The Kier molecular flexibility index (Phi) is 3.14. The van der Waals surface area contributed by atoms with Crippen LogP contribution in [0.25, 0.3) is 0 Å². The first-order valence-corrected chi connectivity index (χ1v) is 8.19. The van der Waals surface area contributed by atoms with Crippen molar-refractivity contribution in [1.29, 1.82) is 0 Å². The molecule has 1 aromatic rings. The Morgan fingerprint density at radius 1 is 1.38 bits per heavy atom. The van der Waals surface area contributed by atoms with Gasteiger partial charge in [-0.05, 0) is 31.0 Å². The monoisotopic (exact) mass is 285 g/mol. The summed E-state index contributed by atoms with van der Waals surface area (Å²) in [7, 11) is 0. The van der Waals surface area contributed by atoms with E-state index in [1.165, 1.54) is 43.6 Å². The fourth-order valence-corrected chi connectivity index (χ4v) is 4.26. The Hall–Kier alpha value is -1.55. The molecule has 0 radical (unpaired) electrons. The number of hydrogen-bond acceptors (Lipinski definition) is 3. The van der Waals surface area contributed by atoms with Gasteiger partial charge in [0.05, 0.1) is 17.9 Å². The highest BCUT2D eigenvalue weighted by Gasteiger charge is 2.44. The summed E-state index contributed by atoms with van der Waals surface area (Å²) in [5.41, 5.74) is 3.75. The van der Waals surface area contributed by atoms with Crippen molar-refractivity contribution in [1.82, 2.24) is 4.90 Å². The van der Waals surface area contributed by atoms with Crippen molar-refractivity contribution in [2.45, 2.75) is 38.1 Å². The average molecular weight is 285 g/mol. The maximum atomic E-state index is 11.9. The highest BCUT2D eigenvalue weighted by atomic mass is 16.2. The van der Waals surface area contributed by atoms with E-state index in [1.54, 1.807) is 0 Å². The minimum Gasteiger partial charge on any atom is -0.357 e. The third-order valence-electron chi connectivity index (χ3n) is 5.23. The van der Waals surface area contributed by atoms with Crippen LogP contribution in [-0.2, 0) is 4.79 Å². The summed E-state index contributed by atoms with van der Waals surface area (Å²) >= 11 is 0. The third kappa shape index (κ3) is 2.04. The molecule has 2 atom stereocenters. The molecule has 1 aromatic carbocycles. The first-order chi connectivity index (χ1) is 10.3. The molecule has 0 aromatic heterocycles. The molecule has 0 aliphatic carbocycles. The van der Waals surface area contributed by atoms with Crippen LogP contribution in [-0.4, -0.2) is 43.0 Å². The minimum absolute atomic E-state index is 0.133. The standard InChI is InChI=1S/C17H23N3O/c1-2-3-8-19-9-7-15-13(10-19)12-5-4-6-14-17(12)20(15)11-16(21)18-14/h4-6,13,15H,2-3,7-11H2,1H3,(H,18,21). The maximum Gasteiger partial charge on any atom is 0.243 e. The van der Waals surface area contributed by atoms with Crippen molar-refractivity contribution >= 4 is 17.3 Å². The predicted octanol–water partition coefficient (Wildman–Crippen LogP) is 2.42. The van der Waals surface area contributed by atoms with Gasteiger partial charge in [0, 0.05) is 25.0 Å². The summed E-state index contributed by atoms with van der Waals surface area (Å²) in [6, 6.07) is 6.91.